The Hall–Kier alpha value is -10.2. The second-order valence-corrected chi connectivity index (χ2v) is 38.4. The van der Waals surface area contributed by atoms with Crippen LogP contribution in [0.2, 0.25) is 0 Å². The van der Waals surface area contributed by atoms with Gasteiger partial charge in [0, 0.05) is 87.9 Å². The summed E-state index contributed by atoms with van der Waals surface area (Å²) < 4.78 is 21.3. The van der Waals surface area contributed by atoms with E-state index in [9.17, 15) is 0 Å². The minimum atomic E-state index is -0.385. The number of para-hydroxylation sites is 3. The number of hydrogen-bond acceptors (Lipinski definition) is 4. The molecule has 12 aromatic carbocycles. The first kappa shape index (κ1) is 74.4. The van der Waals surface area contributed by atoms with Gasteiger partial charge >= 0.3 is 0 Å². The predicted octanol–water partition coefficient (Wildman–Crippen LogP) is 33.1. The SMILES string of the molecule is CCCCCCCC12CCC(CCCCC)(CCCCC)CCC3(CCCCCCC)c4cc(N(c5ccc6c(c5)C(C)(C)c5cc7c(cc5-6)C(C)(C)c5ccc6c(c5-7)-c5ccccc5OC6)c5ccc6c(c5)C(C)(C)c5cc(-c7ccccc7)c7oc8ccccc8c7c5-6)ccc4-c4c3c1c(c1oc3ccccc3c41)-c1ccccc12. The quantitative estimate of drug-likeness (QED) is 0.0565. The number of nitrogens with zero attached hydrogens (tertiary/aromatic N) is 1. The summed E-state index contributed by atoms with van der Waals surface area (Å²) in [5, 5.41) is 4.95. The largest absolute Gasteiger partial charge is 0.488 e. The van der Waals surface area contributed by atoms with Crippen molar-refractivity contribution in [1.82, 2.24) is 0 Å². The van der Waals surface area contributed by atoms with Crippen molar-refractivity contribution in [2.45, 2.75) is 257 Å². The molecule has 117 heavy (non-hydrogen) atoms. The first-order chi connectivity index (χ1) is 57.1. The molecular weight excluding hydrogens is 1420 g/mol. The summed E-state index contributed by atoms with van der Waals surface area (Å²) in [6, 6.07) is 83.4. The molecule has 4 nitrogen and oxygen atoms in total. The van der Waals surface area contributed by atoms with Crippen LogP contribution >= 0.6 is 0 Å². The van der Waals surface area contributed by atoms with Crippen LogP contribution < -0.4 is 9.64 Å². The lowest BCUT2D eigenvalue weighted by Gasteiger charge is -2.40. The Balaban J connectivity index is 0.816. The highest BCUT2D eigenvalue weighted by molar-refractivity contribution is 6.22. The molecule has 0 radical (unpaired) electrons. The van der Waals surface area contributed by atoms with Gasteiger partial charge in [-0.2, -0.15) is 0 Å². The lowest BCUT2D eigenvalue weighted by atomic mass is 9.64. The average Bonchev–Trinajstić information content (AvgIpc) is 1.49. The van der Waals surface area contributed by atoms with Crippen LogP contribution in [-0.2, 0) is 33.7 Å². The van der Waals surface area contributed by atoms with Crippen molar-refractivity contribution in [3.8, 4) is 83.6 Å². The van der Waals surface area contributed by atoms with Crippen molar-refractivity contribution in [3.05, 3.63) is 274 Å². The molecule has 0 bridgehead atoms. The molecule has 3 heterocycles. The molecule has 21 rings (SSSR count). The van der Waals surface area contributed by atoms with Crippen LogP contribution in [0.4, 0.5) is 17.1 Å². The number of anilines is 3. The fraction of sp³-hybridized carbons (Fsp3) is 0.363. The maximum absolute atomic E-state index is 7.70. The zero-order valence-electron chi connectivity index (χ0n) is 71.1. The second kappa shape index (κ2) is 28.3. The monoisotopic (exact) mass is 1530 g/mol. The molecular formula is C113H115NO3. The van der Waals surface area contributed by atoms with Gasteiger partial charge in [-0.15, -0.1) is 0 Å². The normalized spacial score (nSPS) is 18.4. The first-order valence-corrected chi connectivity index (χ1v) is 45.6. The molecule has 0 saturated carbocycles. The van der Waals surface area contributed by atoms with Crippen molar-refractivity contribution in [2.24, 2.45) is 5.41 Å². The number of benzene rings is 12. The molecule has 4 heteroatoms. The molecule has 0 N–H and O–H groups in total. The van der Waals surface area contributed by atoms with Gasteiger partial charge in [0.25, 0.3) is 0 Å². The summed E-state index contributed by atoms with van der Waals surface area (Å²) in [4.78, 5) is 2.74. The summed E-state index contributed by atoms with van der Waals surface area (Å²) >= 11 is 0. The van der Waals surface area contributed by atoms with Crippen LogP contribution in [0.5, 0.6) is 5.75 Å². The number of hydrogen-bond donors (Lipinski definition) is 0. The van der Waals surface area contributed by atoms with E-state index in [4.69, 9.17) is 13.6 Å². The summed E-state index contributed by atoms with van der Waals surface area (Å²) in [5.74, 6) is 0.973. The maximum Gasteiger partial charge on any atom is 0.144 e. The Bertz CT molecular complexity index is 6330. The second-order valence-electron chi connectivity index (χ2n) is 38.4. The standard InChI is InChI=1S/C113H115NO3/c1-11-15-19-21-36-58-112-62-60-111(56-34-17-13-3,57-35-18-14-4)61-63-113(59-37-22-20-16-12-2)92-66-75(51-54-79(92)100-102-82-43-29-33-47-96(82)117-107(102)103(105(112)104(100)113)77-40-26-30-44-86(77)112)114(74-50-53-78-89(65-74)110(9,10)93-67-83(71-38-24-23-25-39-71)106-101(98(78)93)81-42-28-32-46-95(81)116-106)73-49-52-76-84-68-91-85(69-90(84)109(7,8)88(76)64-73)99-87(108(91,5)6)55-48-72-70-115-94-45-31-27-41-80(94)97(72)99/h23-33,38-55,64-69H,11-22,34-37,56-63,70H2,1-10H3. The molecule has 0 saturated heterocycles. The molecule has 590 valence electrons. The Morgan fingerprint density at radius 1 is 0.308 bits per heavy atom. The summed E-state index contributed by atoms with van der Waals surface area (Å²) in [5.41, 5.74) is 40.9. The van der Waals surface area contributed by atoms with Crippen LogP contribution in [0.1, 0.15) is 285 Å². The maximum atomic E-state index is 7.70. The van der Waals surface area contributed by atoms with Crippen molar-refractivity contribution < 1.29 is 13.6 Å². The Labute approximate surface area is 694 Å². The van der Waals surface area contributed by atoms with E-state index in [1.807, 2.05) is 0 Å². The predicted molar refractivity (Wildman–Crippen MR) is 492 cm³/mol. The fourth-order valence-electron chi connectivity index (χ4n) is 24.8. The van der Waals surface area contributed by atoms with E-state index in [0.29, 0.717) is 6.61 Å². The Morgan fingerprint density at radius 2 is 0.778 bits per heavy atom. The van der Waals surface area contributed by atoms with Crippen LogP contribution in [0.3, 0.4) is 0 Å². The van der Waals surface area contributed by atoms with E-state index in [-0.39, 0.29) is 32.5 Å². The summed E-state index contributed by atoms with van der Waals surface area (Å²) in [6.07, 6.45) is 29.9. The van der Waals surface area contributed by atoms with Crippen molar-refractivity contribution in [2.75, 3.05) is 4.90 Å². The van der Waals surface area contributed by atoms with Gasteiger partial charge < -0.3 is 18.5 Å². The van der Waals surface area contributed by atoms with E-state index in [0.717, 1.165) is 58.3 Å². The third kappa shape index (κ3) is 11.1. The van der Waals surface area contributed by atoms with Gasteiger partial charge in [0.2, 0.25) is 0 Å². The van der Waals surface area contributed by atoms with Gasteiger partial charge in [-0.05, 0) is 246 Å². The average molecular weight is 1540 g/mol. The van der Waals surface area contributed by atoms with Gasteiger partial charge in [-0.3, -0.25) is 0 Å². The van der Waals surface area contributed by atoms with Gasteiger partial charge in [0.05, 0.1) is 0 Å². The van der Waals surface area contributed by atoms with E-state index < -0.39 is 0 Å². The molecule has 7 aliphatic rings. The smallest absolute Gasteiger partial charge is 0.144 e. The van der Waals surface area contributed by atoms with Crippen molar-refractivity contribution in [1.29, 1.82) is 0 Å². The zero-order valence-corrected chi connectivity index (χ0v) is 71.1. The summed E-state index contributed by atoms with van der Waals surface area (Å²) in [7, 11) is 0. The topological polar surface area (TPSA) is 38.8 Å². The molecule has 2 atom stereocenters. The number of ether oxygens (including phenoxy) is 1. The highest BCUT2D eigenvalue weighted by Gasteiger charge is 2.57. The van der Waals surface area contributed by atoms with Gasteiger partial charge in [0.15, 0.2) is 0 Å². The molecule has 0 spiro atoms. The minimum Gasteiger partial charge on any atom is -0.488 e. The molecule has 2 unspecified atom stereocenters. The van der Waals surface area contributed by atoms with Crippen molar-refractivity contribution in [3.63, 3.8) is 0 Å². The van der Waals surface area contributed by atoms with Gasteiger partial charge in [-0.1, -0.05) is 311 Å². The highest BCUT2D eigenvalue weighted by Crippen LogP contribution is 2.71. The fourth-order valence-corrected chi connectivity index (χ4v) is 24.8. The molecule has 14 aromatic rings. The number of fused-ring (bicyclic) bond motifs is 28. The van der Waals surface area contributed by atoms with E-state index in [1.54, 1.807) is 22.3 Å². The van der Waals surface area contributed by atoms with E-state index >= 15 is 0 Å². The zero-order chi connectivity index (χ0) is 79.5. The minimum absolute atomic E-state index is 0.191. The van der Waals surface area contributed by atoms with Crippen LogP contribution in [0, 0.1) is 5.41 Å². The third-order valence-electron chi connectivity index (χ3n) is 30.9. The van der Waals surface area contributed by atoms with E-state index in [1.165, 1.54) is 279 Å². The lowest BCUT2D eigenvalue weighted by molar-refractivity contribution is 0.154. The number of furan rings is 2. The molecule has 0 amide bonds. The lowest BCUT2D eigenvalue weighted by Crippen LogP contribution is -2.32. The van der Waals surface area contributed by atoms with E-state index in [2.05, 4.69) is 286 Å². The van der Waals surface area contributed by atoms with Gasteiger partial charge in [-0.25, -0.2) is 0 Å². The van der Waals surface area contributed by atoms with Crippen molar-refractivity contribution >= 4 is 60.9 Å². The van der Waals surface area contributed by atoms with Crippen LogP contribution in [-0.4, -0.2) is 0 Å². The Kier molecular flexibility index (Phi) is 18.0. The van der Waals surface area contributed by atoms with Gasteiger partial charge in [0.1, 0.15) is 34.7 Å². The van der Waals surface area contributed by atoms with Crippen LogP contribution in [0.25, 0.3) is 122 Å². The number of rotatable bonds is 24. The number of unbranched alkanes of at least 4 members (excludes halogenated alkanes) is 12. The highest BCUT2D eigenvalue weighted by atomic mass is 16.5. The molecule has 0 fully saturated rings. The Morgan fingerprint density at radius 3 is 1.44 bits per heavy atom. The first-order valence-electron chi connectivity index (χ1n) is 45.6. The third-order valence-corrected chi connectivity index (χ3v) is 30.9. The molecule has 6 aliphatic carbocycles. The molecule has 2 aromatic heterocycles. The van der Waals surface area contributed by atoms with Crippen LogP contribution in [0.15, 0.2) is 221 Å². The summed E-state index contributed by atoms with van der Waals surface area (Å²) in [6.45, 7) is 25.1. The molecule has 1 aliphatic heterocycles.